The second-order valence-electron chi connectivity index (χ2n) is 7.94. The zero-order chi connectivity index (χ0) is 20.9. The quantitative estimate of drug-likeness (QED) is 0.668. The van der Waals surface area contributed by atoms with Gasteiger partial charge in [0, 0.05) is 41.1 Å². The number of hydrogen-bond acceptors (Lipinski definition) is 2. The van der Waals surface area contributed by atoms with Crippen LogP contribution in [0.4, 0.5) is 0 Å². The fourth-order valence-electron chi connectivity index (χ4n) is 4.21. The molecule has 0 unspecified atom stereocenters. The highest BCUT2D eigenvalue weighted by Crippen LogP contribution is 2.21. The Morgan fingerprint density at radius 3 is 2.47 bits per heavy atom. The topological polar surface area (TPSA) is 42.6 Å². The summed E-state index contributed by atoms with van der Waals surface area (Å²) in [5, 5.41) is 0. The molecule has 1 saturated heterocycles. The molecule has 2 aromatic heterocycles. The van der Waals surface area contributed by atoms with Gasteiger partial charge in [-0.1, -0.05) is 18.2 Å². The molecule has 154 valence electrons. The molecule has 3 heterocycles. The van der Waals surface area contributed by atoms with Gasteiger partial charge in [0.2, 0.25) is 5.91 Å². The molecule has 0 radical (unpaired) electrons. The van der Waals surface area contributed by atoms with Gasteiger partial charge in [0.05, 0.1) is 26.2 Å². The smallest absolute Gasteiger partial charge is 0.246 e. The minimum absolute atomic E-state index is 0.0995. The van der Waals surface area contributed by atoms with E-state index in [0.717, 1.165) is 49.7 Å². The van der Waals surface area contributed by atoms with Gasteiger partial charge in [-0.2, -0.15) is 0 Å². The number of nitrogens with one attached hydrogen (secondary N) is 1. The van der Waals surface area contributed by atoms with Gasteiger partial charge in [-0.15, -0.1) is 0 Å². The molecule has 4 rings (SSSR count). The number of pyridine rings is 1. The van der Waals surface area contributed by atoms with Crippen molar-refractivity contribution in [2.24, 2.45) is 0 Å². The van der Waals surface area contributed by atoms with E-state index in [-0.39, 0.29) is 5.91 Å². The van der Waals surface area contributed by atoms with Gasteiger partial charge in [0.1, 0.15) is 6.54 Å². The Morgan fingerprint density at radius 1 is 1.07 bits per heavy atom. The molecule has 30 heavy (non-hydrogen) atoms. The summed E-state index contributed by atoms with van der Waals surface area (Å²) in [4.78, 5) is 20.3. The van der Waals surface area contributed by atoms with Crippen LogP contribution in [0, 0.1) is 13.8 Å². The first-order valence-corrected chi connectivity index (χ1v) is 10.6. The Labute approximate surface area is 178 Å². The number of carbonyl (C=O) groups excluding carboxylic acids is 1. The fraction of sp³-hybridized carbons (Fsp3) is 0.280. The van der Waals surface area contributed by atoms with E-state index in [2.05, 4.69) is 53.7 Å². The molecule has 1 N–H and O–H groups in total. The molecule has 3 aromatic rings. The lowest BCUT2D eigenvalue weighted by molar-refractivity contribution is -0.917. The summed E-state index contributed by atoms with van der Waals surface area (Å²) in [6.07, 6.45) is 7.37. The zero-order valence-electron chi connectivity index (χ0n) is 17.7. The van der Waals surface area contributed by atoms with Crippen LogP contribution >= 0.6 is 0 Å². The van der Waals surface area contributed by atoms with E-state index in [4.69, 9.17) is 0 Å². The van der Waals surface area contributed by atoms with E-state index in [9.17, 15) is 4.79 Å². The summed E-state index contributed by atoms with van der Waals surface area (Å²) >= 11 is 0. The number of aromatic nitrogens is 2. The number of piperazine rings is 1. The van der Waals surface area contributed by atoms with Crippen LogP contribution in [-0.2, 0) is 11.3 Å². The molecular formula is C25H29N4O+. The van der Waals surface area contributed by atoms with Gasteiger partial charge < -0.3 is 14.4 Å². The van der Waals surface area contributed by atoms with Crippen LogP contribution in [0.3, 0.4) is 0 Å². The third kappa shape index (κ3) is 4.52. The summed E-state index contributed by atoms with van der Waals surface area (Å²) in [6.45, 7) is 8.75. The first kappa shape index (κ1) is 20.1. The highest BCUT2D eigenvalue weighted by Gasteiger charge is 2.22. The molecular weight excluding hydrogens is 372 g/mol. The van der Waals surface area contributed by atoms with Crippen molar-refractivity contribution < 1.29 is 9.69 Å². The summed E-state index contributed by atoms with van der Waals surface area (Å²) in [5.74, 6) is 0.0995. The minimum atomic E-state index is 0.0995. The summed E-state index contributed by atoms with van der Waals surface area (Å²) in [5.41, 5.74) is 5.85. The van der Waals surface area contributed by atoms with E-state index in [0.29, 0.717) is 0 Å². The SMILES string of the molecule is Cc1cc(/C=C/C(=O)N2CC[NH+](Cc3ccncc3)CC2)c(C)n1-c1ccccc1. The van der Waals surface area contributed by atoms with E-state index in [1.165, 1.54) is 16.2 Å². The standard InChI is InChI=1S/C25H28N4O/c1-20-18-23(21(2)29(20)24-6-4-3-5-7-24)8-9-25(30)28-16-14-27(15-17-28)19-22-10-12-26-13-11-22/h3-13,18H,14-17,19H2,1-2H3/p+1/b9-8+. The minimum Gasteiger partial charge on any atom is -0.328 e. The maximum Gasteiger partial charge on any atom is 0.246 e. The number of amides is 1. The monoisotopic (exact) mass is 401 g/mol. The van der Waals surface area contributed by atoms with Crippen molar-refractivity contribution in [3.8, 4) is 5.69 Å². The van der Waals surface area contributed by atoms with Gasteiger partial charge in [-0.05, 0) is 55.8 Å². The molecule has 0 bridgehead atoms. The van der Waals surface area contributed by atoms with Crippen LogP contribution in [0.15, 0.2) is 67.0 Å². The maximum absolute atomic E-state index is 12.7. The second-order valence-corrected chi connectivity index (χ2v) is 7.94. The number of hydrogen-bond donors (Lipinski definition) is 1. The molecule has 5 nitrogen and oxygen atoms in total. The van der Waals surface area contributed by atoms with Crippen molar-refractivity contribution in [1.29, 1.82) is 0 Å². The molecule has 1 aromatic carbocycles. The molecule has 5 heteroatoms. The predicted octanol–water partition coefficient (Wildman–Crippen LogP) is 2.43. The Kier molecular flexibility index (Phi) is 6.10. The van der Waals surface area contributed by atoms with Crippen LogP contribution in [0.5, 0.6) is 0 Å². The van der Waals surface area contributed by atoms with Crippen molar-refractivity contribution in [3.05, 3.63) is 89.5 Å². The molecule has 0 saturated carbocycles. The number of benzene rings is 1. The number of rotatable bonds is 5. The summed E-state index contributed by atoms with van der Waals surface area (Å²) in [6, 6.07) is 16.6. The van der Waals surface area contributed by atoms with Crippen molar-refractivity contribution in [3.63, 3.8) is 0 Å². The van der Waals surface area contributed by atoms with E-state index < -0.39 is 0 Å². The first-order valence-electron chi connectivity index (χ1n) is 10.6. The molecule has 1 fully saturated rings. The summed E-state index contributed by atoms with van der Waals surface area (Å²) in [7, 11) is 0. The maximum atomic E-state index is 12.7. The third-order valence-electron chi connectivity index (χ3n) is 5.88. The Morgan fingerprint density at radius 2 is 1.77 bits per heavy atom. The number of carbonyl (C=O) groups is 1. The molecule has 0 atom stereocenters. The highest BCUT2D eigenvalue weighted by atomic mass is 16.2. The van der Waals surface area contributed by atoms with Crippen LogP contribution in [0.2, 0.25) is 0 Å². The van der Waals surface area contributed by atoms with Crippen LogP contribution in [0.1, 0.15) is 22.5 Å². The lowest BCUT2D eigenvalue weighted by atomic mass is 10.2. The summed E-state index contributed by atoms with van der Waals surface area (Å²) < 4.78 is 2.23. The van der Waals surface area contributed by atoms with Crippen LogP contribution < -0.4 is 4.90 Å². The number of aryl methyl sites for hydroxylation is 1. The molecule has 0 aliphatic carbocycles. The van der Waals surface area contributed by atoms with Gasteiger partial charge in [0.15, 0.2) is 0 Å². The van der Waals surface area contributed by atoms with Crippen molar-refractivity contribution >= 4 is 12.0 Å². The van der Waals surface area contributed by atoms with E-state index in [1.807, 2.05) is 41.6 Å². The van der Waals surface area contributed by atoms with Crippen molar-refractivity contribution in [2.75, 3.05) is 26.2 Å². The normalized spacial score (nSPS) is 15.1. The number of nitrogens with zero attached hydrogens (tertiary/aromatic N) is 3. The second kappa shape index (κ2) is 9.09. The zero-order valence-corrected chi connectivity index (χ0v) is 17.7. The first-order chi connectivity index (χ1) is 14.6. The van der Waals surface area contributed by atoms with Gasteiger partial charge >= 0.3 is 0 Å². The van der Waals surface area contributed by atoms with Gasteiger partial charge in [-0.3, -0.25) is 9.78 Å². The van der Waals surface area contributed by atoms with E-state index >= 15 is 0 Å². The molecule has 1 amide bonds. The third-order valence-corrected chi connectivity index (χ3v) is 5.88. The molecule has 1 aliphatic heterocycles. The largest absolute Gasteiger partial charge is 0.328 e. The Balaban J connectivity index is 1.37. The van der Waals surface area contributed by atoms with Crippen molar-refractivity contribution in [2.45, 2.75) is 20.4 Å². The predicted molar refractivity (Wildman–Crippen MR) is 119 cm³/mol. The number of quaternary nitrogens is 1. The lowest BCUT2D eigenvalue weighted by Crippen LogP contribution is -3.13. The lowest BCUT2D eigenvalue weighted by Gasteiger charge is -2.31. The van der Waals surface area contributed by atoms with Gasteiger partial charge in [-0.25, -0.2) is 0 Å². The Bertz CT molecular complexity index is 1020. The van der Waals surface area contributed by atoms with E-state index in [1.54, 1.807) is 6.08 Å². The van der Waals surface area contributed by atoms with Gasteiger partial charge in [0.25, 0.3) is 0 Å². The van der Waals surface area contributed by atoms with Crippen molar-refractivity contribution in [1.82, 2.24) is 14.5 Å². The Hall–Kier alpha value is -3.18. The highest BCUT2D eigenvalue weighted by molar-refractivity contribution is 5.92. The molecule has 1 aliphatic rings. The average molecular weight is 402 g/mol. The number of para-hydroxylation sites is 1. The van der Waals surface area contributed by atoms with Crippen LogP contribution in [-0.4, -0.2) is 46.5 Å². The molecule has 0 spiro atoms. The average Bonchev–Trinajstić information content (AvgIpc) is 3.07. The fourth-order valence-corrected chi connectivity index (χ4v) is 4.21. The van der Waals surface area contributed by atoms with Crippen LogP contribution in [0.25, 0.3) is 11.8 Å².